The quantitative estimate of drug-likeness (QED) is 0.120. The smallest absolute Gasteiger partial charge is 0.251 e. The molecule has 3 unspecified atom stereocenters. The Morgan fingerprint density at radius 2 is 0.661 bits per heavy atom. The van der Waals surface area contributed by atoms with Crippen LogP contribution in [0.3, 0.4) is 0 Å². The van der Waals surface area contributed by atoms with Crippen LogP contribution in [0.15, 0.2) is 97.1 Å². The third-order valence-corrected chi connectivity index (χ3v) is 13.7. The highest BCUT2D eigenvalue weighted by atomic mass is 16.2. The summed E-state index contributed by atoms with van der Waals surface area (Å²) in [6.07, 6.45) is 9.40. The Kier molecular flexibility index (Phi) is 10.0. The van der Waals surface area contributed by atoms with Gasteiger partial charge in [-0.2, -0.15) is 0 Å². The summed E-state index contributed by atoms with van der Waals surface area (Å²) in [6, 6.07) is 30.2. The number of carbonyl (C=O) groups excluding carboxylic acids is 4. The number of hydrogen-bond acceptors (Lipinski definition) is 4. The Hall–Kier alpha value is -5.50. The van der Waals surface area contributed by atoms with Crippen molar-refractivity contribution in [3.8, 4) is 0 Å². The predicted molar refractivity (Wildman–Crippen MR) is 219 cm³/mol. The van der Waals surface area contributed by atoms with Gasteiger partial charge in [0.05, 0.1) is 0 Å². The second-order valence-corrected chi connectivity index (χ2v) is 16.5. The van der Waals surface area contributed by atoms with Crippen LogP contribution in [0.25, 0.3) is 21.5 Å². The zero-order valence-corrected chi connectivity index (χ0v) is 31.8. The van der Waals surface area contributed by atoms with Gasteiger partial charge in [-0.25, -0.2) is 0 Å². The number of hydrogen-bond donors (Lipinski definition) is 4. The first kappa shape index (κ1) is 36.2. The third-order valence-electron chi connectivity index (χ3n) is 13.7. The van der Waals surface area contributed by atoms with E-state index in [2.05, 4.69) is 21.3 Å². The Bertz CT molecular complexity index is 2090. The predicted octanol–water partition coefficient (Wildman–Crippen LogP) is 8.19. The largest absolute Gasteiger partial charge is 0.352 e. The van der Waals surface area contributed by atoms with Crippen LogP contribution in [-0.4, -0.2) is 36.7 Å². The maximum atomic E-state index is 13.8. The minimum Gasteiger partial charge on any atom is -0.352 e. The Labute approximate surface area is 328 Å². The summed E-state index contributed by atoms with van der Waals surface area (Å²) in [4.78, 5) is 55.2. The molecule has 3 fully saturated rings. The van der Waals surface area contributed by atoms with Gasteiger partial charge < -0.3 is 21.3 Å². The summed E-state index contributed by atoms with van der Waals surface area (Å²) >= 11 is 0. The van der Waals surface area contributed by atoms with E-state index < -0.39 is 0 Å². The Balaban J connectivity index is 1.08. The van der Waals surface area contributed by atoms with Crippen LogP contribution in [0, 0.1) is 35.5 Å². The molecule has 0 saturated heterocycles. The lowest BCUT2D eigenvalue weighted by molar-refractivity contribution is -0.0585. The topological polar surface area (TPSA) is 116 Å². The van der Waals surface area contributed by atoms with Crippen LogP contribution >= 0.6 is 0 Å². The molecule has 8 nitrogen and oxygen atoms in total. The van der Waals surface area contributed by atoms with Crippen LogP contribution in [0.4, 0.5) is 0 Å². The van der Waals surface area contributed by atoms with E-state index in [1.807, 2.05) is 48.5 Å². The van der Waals surface area contributed by atoms with Crippen LogP contribution in [-0.2, 0) is 13.1 Å². The highest BCUT2D eigenvalue weighted by Crippen LogP contribution is 2.55. The third kappa shape index (κ3) is 6.84. The van der Waals surface area contributed by atoms with Crippen LogP contribution in [0.2, 0.25) is 0 Å². The van der Waals surface area contributed by atoms with Crippen LogP contribution in [0.1, 0.15) is 104 Å². The molecule has 286 valence electrons. The van der Waals surface area contributed by atoms with E-state index in [0.29, 0.717) is 70.9 Å². The van der Waals surface area contributed by atoms with Crippen molar-refractivity contribution in [3.05, 3.63) is 130 Å². The Morgan fingerprint density at radius 3 is 0.982 bits per heavy atom. The van der Waals surface area contributed by atoms with Gasteiger partial charge in [-0.15, -0.1) is 0 Å². The van der Waals surface area contributed by atoms with Crippen molar-refractivity contribution in [1.29, 1.82) is 0 Å². The highest BCUT2D eigenvalue weighted by molar-refractivity contribution is 6.07. The molecule has 1 heterocycles. The van der Waals surface area contributed by atoms with E-state index in [-0.39, 0.29) is 36.7 Å². The van der Waals surface area contributed by atoms with Crippen molar-refractivity contribution in [1.82, 2.24) is 21.3 Å². The molecule has 0 radical (unpaired) electrons. The van der Waals surface area contributed by atoms with Crippen molar-refractivity contribution < 1.29 is 19.2 Å². The van der Waals surface area contributed by atoms with E-state index in [1.165, 1.54) is 25.7 Å². The molecule has 8 heteroatoms. The van der Waals surface area contributed by atoms with E-state index in [9.17, 15) is 19.2 Å². The fourth-order valence-electron chi connectivity index (χ4n) is 11.2. The normalized spacial score (nSPS) is 26.1. The fourth-order valence-corrected chi connectivity index (χ4v) is 11.2. The van der Waals surface area contributed by atoms with Gasteiger partial charge in [0.1, 0.15) is 0 Å². The van der Waals surface area contributed by atoms with Crippen molar-refractivity contribution in [2.45, 2.75) is 64.5 Å². The lowest BCUT2D eigenvalue weighted by Gasteiger charge is -2.56. The lowest BCUT2D eigenvalue weighted by Crippen LogP contribution is -2.54. The second kappa shape index (κ2) is 15.6. The summed E-state index contributed by atoms with van der Waals surface area (Å²) in [7, 11) is 0. The maximum Gasteiger partial charge on any atom is 0.251 e. The van der Waals surface area contributed by atoms with Crippen molar-refractivity contribution in [2.24, 2.45) is 35.5 Å². The minimum atomic E-state index is -0.242. The minimum absolute atomic E-state index is 0.142. The zero-order chi connectivity index (χ0) is 38.2. The standard InChI is InChI=1S/C48H50N4O4/c53-45-29-11-9-13-31(23-29)47(55)51-27-43-37-19-5-7-21-39(37)44(40-22-8-6-20-38(40)43)28-52-48(56)32-14-10-12-30(24-32)46(54)50-26-42-34-16-2-1-15-33(34)41(25-49-45)35-17-3-4-18-36(35)42/h1-4,9-18,23-24,37-40,43-44H,5-8,19-22,25-28H2,(H,49,53)(H,50,54)(H,51,55)(H,52,56)/t37-,38+,39+,40?,43?,44?/m1/s1. The van der Waals surface area contributed by atoms with Crippen molar-refractivity contribution in [3.63, 3.8) is 0 Å². The first-order chi connectivity index (χ1) is 27.4. The van der Waals surface area contributed by atoms with Gasteiger partial charge >= 0.3 is 0 Å². The van der Waals surface area contributed by atoms with Crippen LogP contribution < -0.4 is 21.3 Å². The van der Waals surface area contributed by atoms with Crippen molar-refractivity contribution in [2.75, 3.05) is 13.1 Å². The first-order valence-electron chi connectivity index (χ1n) is 20.7. The van der Waals surface area contributed by atoms with Gasteiger partial charge in [-0.1, -0.05) is 86.3 Å². The average Bonchev–Trinajstić information content (AvgIpc) is 3.25. The average molecular weight is 747 g/mol. The summed E-state index contributed by atoms with van der Waals surface area (Å²) < 4.78 is 0. The summed E-state index contributed by atoms with van der Waals surface area (Å²) in [5.74, 6) is 1.98. The van der Waals surface area contributed by atoms with E-state index in [0.717, 1.165) is 58.4 Å². The molecule has 4 N–H and O–H groups in total. The van der Waals surface area contributed by atoms with Gasteiger partial charge in [-0.3, -0.25) is 19.2 Å². The summed E-state index contributed by atoms with van der Waals surface area (Å²) in [5.41, 5.74) is 3.82. The maximum absolute atomic E-state index is 13.8. The Morgan fingerprint density at radius 1 is 0.357 bits per heavy atom. The molecule has 6 atom stereocenters. The molecular weight excluding hydrogens is 697 g/mol. The van der Waals surface area contributed by atoms with Gasteiger partial charge in [-0.05, 0) is 130 Å². The molecule has 3 saturated carbocycles. The highest BCUT2D eigenvalue weighted by Gasteiger charge is 2.50. The van der Waals surface area contributed by atoms with Gasteiger partial charge in [0.15, 0.2) is 0 Å². The molecule has 8 bridgehead atoms. The number of benzene rings is 5. The van der Waals surface area contributed by atoms with E-state index in [4.69, 9.17) is 0 Å². The molecule has 0 spiro atoms. The number of fused-ring (bicyclic) bond motifs is 10. The molecule has 5 aromatic carbocycles. The van der Waals surface area contributed by atoms with E-state index >= 15 is 0 Å². The summed E-state index contributed by atoms with van der Waals surface area (Å²) in [5, 5.41) is 16.9. The number of amides is 4. The molecule has 3 aliphatic carbocycles. The number of carbonyl (C=O) groups is 4. The lowest BCUT2D eigenvalue weighted by atomic mass is 9.50. The van der Waals surface area contributed by atoms with Crippen molar-refractivity contribution >= 4 is 45.2 Å². The zero-order valence-electron chi connectivity index (χ0n) is 31.8. The van der Waals surface area contributed by atoms with Gasteiger partial charge in [0.25, 0.3) is 23.6 Å². The summed E-state index contributed by atoms with van der Waals surface area (Å²) in [6.45, 7) is 1.82. The van der Waals surface area contributed by atoms with Crippen LogP contribution in [0.5, 0.6) is 0 Å². The molecule has 1 aliphatic heterocycles. The molecule has 4 amide bonds. The molecular formula is C48H50N4O4. The fraction of sp³-hybridized carbons (Fsp3) is 0.375. The monoisotopic (exact) mass is 746 g/mol. The molecule has 56 heavy (non-hydrogen) atoms. The second-order valence-electron chi connectivity index (χ2n) is 16.5. The van der Waals surface area contributed by atoms with Gasteiger partial charge in [0.2, 0.25) is 0 Å². The first-order valence-corrected chi connectivity index (χ1v) is 20.7. The number of nitrogens with one attached hydrogen (secondary N) is 4. The molecule has 0 aromatic heterocycles. The SMILES string of the molecule is O=C1NCc2c3ccccc3c(c3ccccc23)CNC(=O)c2cccc(c2)C(=O)NCC2[C@H]3CCCCC3C(CNC(=O)c3cccc1c3)[C@H]1CCCC[C@@H]21. The molecule has 4 aliphatic rings. The number of rotatable bonds is 0. The van der Waals surface area contributed by atoms with Gasteiger partial charge in [0, 0.05) is 48.4 Å². The van der Waals surface area contributed by atoms with E-state index in [1.54, 1.807) is 48.5 Å². The molecule has 5 aromatic rings. The molecule has 9 rings (SSSR count).